The SMILES string of the molecule is Cc1ccc2[nH]c3c(c2c1)C1(C)CCCN1c1ccccc1-3. The third kappa shape index (κ3) is 1.36. The van der Waals surface area contributed by atoms with Crippen LogP contribution < -0.4 is 4.90 Å². The van der Waals surface area contributed by atoms with Crippen LogP contribution in [0.4, 0.5) is 5.69 Å². The molecular weight excluding hydrogens is 268 g/mol. The van der Waals surface area contributed by atoms with Crippen molar-refractivity contribution in [2.24, 2.45) is 0 Å². The van der Waals surface area contributed by atoms with Gasteiger partial charge in [0.05, 0.1) is 11.2 Å². The maximum absolute atomic E-state index is 3.71. The van der Waals surface area contributed by atoms with Gasteiger partial charge in [0.1, 0.15) is 0 Å². The summed E-state index contributed by atoms with van der Waals surface area (Å²) in [4.78, 5) is 6.34. The monoisotopic (exact) mass is 288 g/mol. The predicted molar refractivity (Wildman–Crippen MR) is 92.4 cm³/mol. The molecule has 2 aliphatic heterocycles. The molecule has 1 fully saturated rings. The number of nitrogens with one attached hydrogen (secondary N) is 1. The Kier molecular flexibility index (Phi) is 2.21. The van der Waals surface area contributed by atoms with Crippen LogP contribution >= 0.6 is 0 Å². The number of nitrogens with zero attached hydrogens (tertiary/aromatic N) is 1. The average Bonchev–Trinajstić information content (AvgIpc) is 3.08. The summed E-state index contributed by atoms with van der Waals surface area (Å²) in [6, 6.07) is 15.6. The Morgan fingerprint density at radius 1 is 1.14 bits per heavy atom. The van der Waals surface area contributed by atoms with E-state index in [0.717, 1.165) is 6.54 Å². The summed E-state index contributed by atoms with van der Waals surface area (Å²) < 4.78 is 0. The third-order valence-electron chi connectivity index (χ3n) is 5.60. The van der Waals surface area contributed by atoms with Crippen molar-refractivity contribution in [2.45, 2.75) is 32.2 Å². The van der Waals surface area contributed by atoms with Crippen molar-refractivity contribution in [3.05, 3.63) is 53.6 Å². The summed E-state index contributed by atoms with van der Waals surface area (Å²) in [7, 11) is 0. The van der Waals surface area contributed by atoms with Gasteiger partial charge in [0.2, 0.25) is 0 Å². The van der Waals surface area contributed by atoms with Crippen molar-refractivity contribution in [3.8, 4) is 11.3 Å². The molecule has 0 amide bonds. The summed E-state index contributed by atoms with van der Waals surface area (Å²) in [6.07, 6.45) is 2.50. The van der Waals surface area contributed by atoms with Gasteiger partial charge in [0.25, 0.3) is 0 Å². The zero-order valence-corrected chi connectivity index (χ0v) is 13.1. The lowest BCUT2D eigenvalue weighted by atomic mass is 9.81. The first-order valence-electron chi connectivity index (χ1n) is 8.18. The number of aromatic amines is 1. The lowest BCUT2D eigenvalue weighted by Crippen LogP contribution is -2.41. The van der Waals surface area contributed by atoms with Crippen molar-refractivity contribution < 1.29 is 0 Å². The number of aromatic nitrogens is 1. The van der Waals surface area contributed by atoms with Crippen molar-refractivity contribution >= 4 is 16.6 Å². The fourth-order valence-corrected chi connectivity index (χ4v) is 4.60. The van der Waals surface area contributed by atoms with E-state index in [9.17, 15) is 0 Å². The standard InChI is InChI=1S/C20H20N2/c1-13-8-9-16-15(12-13)18-19(21-16)14-6-3-4-7-17(14)22-11-5-10-20(18,22)2/h3-4,6-9,12,21H,5,10-11H2,1-2H3. The van der Waals surface area contributed by atoms with Gasteiger partial charge in [-0.3, -0.25) is 0 Å². The molecule has 110 valence electrons. The van der Waals surface area contributed by atoms with Crippen molar-refractivity contribution in [1.82, 2.24) is 4.98 Å². The van der Waals surface area contributed by atoms with Crippen LogP contribution in [-0.2, 0) is 5.54 Å². The fraction of sp³-hybridized carbons (Fsp3) is 0.300. The lowest BCUT2D eigenvalue weighted by molar-refractivity contribution is 0.494. The van der Waals surface area contributed by atoms with Crippen LogP contribution in [0.25, 0.3) is 22.2 Å². The molecule has 3 aromatic rings. The van der Waals surface area contributed by atoms with Crippen LogP contribution in [0, 0.1) is 6.92 Å². The second-order valence-corrected chi connectivity index (χ2v) is 6.97. The first-order valence-corrected chi connectivity index (χ1v) is 8.18. The third-order valence-corrected chi connectivity index (χ3v) is 5.60. The van der Waals surface area contributed by atoms with E-state index in [4.69, 9.17) is 0 Å². The topological polar surface area (TPSA) is 19.0 Å². The maximum atomic E-state index is 3.71. The molecule has 2 nitrogen and oxygen atoms in total. The first-order chi connectivity index (χ1) is 10.7. The van der Waals surface area contributed by atoms with Gasteiger partial charge >= 0.3 is 0 Å². The van der Waals surface area contributed by atoms with Crippen LogP contribution in [0.15, 0.2) is 42.5 Å². The maximum Gasteiger partial charge on any atom is 0.0653 e. The smallest absolute Gasteiger partial charge is 0.0653 e. The number of hydrogen-bond donors (Lipinski definition) is 1. The van der Waals surface area contributed by atoms with E-state index in [-0.39, 0.29) is 5.54 Å². The van der Waals surface area contributed by atoms with E-state index in [1.165, 1.54) is 51.8 Å². The Balaban J connectivity index is 1.95. The molecule has 0 bridgehead atoms. The van der Waals surface area contributed by atoms with Gasteiger partial charge < -0.3 is 9.88 Å². The van der Waals surface area contributed by atoms with Crippen LogP contribution in [0.2, 0.25) is 0 Å². The van der Waals surface area contributed by atoms with Crippen LogP contribution in [0.1, 0.15) is 30.9 Å². The Labute approximate surface area is 130 Å². The highest BCUT2D eigenvalue weighted by Gasteiger charge is 2.45. The van der Waals surface area contributed by atoms with Gasteiger partial charge in [0.15, 0.2) is 0 Å². The van der Waals surface area contributed by atoms with E-state index in [0.29, 0.717) is 0 Å². The number of rotatable bonds is 0. The molecule has 5 rings (SSSR count). The number of aryl methyl sites for hydroxylation is 1. The second kappa shape index (κ2) is 3.95. The van der Waals surface area contributed by atoms with Crippen LogP contribution in [0.5, 0.6) is 0 Å². The quantitative estimate of drug-likeness (QED) is 0.618. The summed E-state index contributed by atoms with van der Waals surface area (Å²) >= 11 is 0. The van der Waals surface area contributed by atoms with Gasteiger partial charge in [-0.2, -0.15) is 0 Å². The summed E-state index contributed by atoms with van der Waals surface area (Å²) in [5, 5.41) is 1.40. The molecule has 1 saturated heterocycles. The summed E-state index contributed by atoms with van der Waals surface area (Å²) in [5.74, 6) is 0. The first kappa shape index (κ1) is 12.3. The molecule has 0 saturated carbocycles. The minimum absolute atomic E-state index is 0.121. The molecule has 1 N–H and O–H groups in total. The molecule has 1 atom stereocenters. The molecule has 0 aliphatic carbocycles. The molecule has 1 unspecified atom stereocenters. The molecule has 2 aromatic carbocycles. The van der Waals surface area contributed by atoms with Crippen molar-refractivity contribution in [2.75, 3.05) is 11.4 Å². The van der Waals surface area contributed by atoms with Crippen LogP contribution in [0.3, 0.4) is 0 Å². The number of fused-ring (bicyclic) bond motifs is 8. The second-order valence-electron chi connectivity index (χ2n) is 6.97. The zero-order chi connectivity index (χ0) is 14.9. The summed E-state index contributed by atoms with van der Waals surface area (Å²) in [6.45, 7) is 5.76. The van der Waals surface area contributed by atoms with Crippen LogP contribution in [-0.4, -0.2) is 11.5 Å². The molecule has 3 heterocycles. The Morgan fingerprint density at radius 3 is 2.91 bits per heavy atom. The van der Waals surface area contributed by atoms with E-state index >= 15 is 0 Å². The number of anilines is 1. The predicted octanol–water partition coefficient (Wildman–Crippen LogP) is 4.97. The molecular formula is C20H20N2. The van der Waals surface area contributed by atoms with Gasteiger partial charge in [-0.1, -0.05) is 29.8 Å². The van der Waals surface area contributed by atoms with E-state index in [1.54, 1.807) is 0 Å². The zero-order valence-electron chi connectivity index (χ0n) is 13.1. The molecule has 2 aliphatic rings. The number of benzene rings is 2. The van der Waals surface area contributed by atoms with E-state index in [1.807, 2.05) is 0 Å². The molecule has 0 radical (unpaired) electrons. The minimum Gasteiger partial charge on any atom is -0.361 e. The summed E-state index contributed by atoms with van der Waals surface area (Å²) in [5.41, 5.74) is 8.29. The number of para-hydroxylation sites is 1. The van der Waals surface area contributed by atoms with Gasteiger partial charge in [-0.25, -0.2) is 0 Å². The molecule has 1 aromatic heterocycles. The molecule has 22 heavy (non-hydrogen) atoms. The Hall–Kier alpha value is -2.22. The fourth-order valence-electron chi connectivity index (χ4n) is 4.60. The van der Waals surface area contributed by atoms with Gasteiger partial charge in [-0.05, 0) is 44.9 Å². The van der Waals surface area contributed by atoms with Crippen molar-refractivity contribution in [1.29, 1.82) is 0 Å². The Morgan fingerprint density at radius 2 is 2.00 bits per heavy atom. The minimum atomic E-state index is 0.121. The normalized spacial score (nSPS) is 22.5. The highest BCUT2D eigenvalue weighted by Crippen LogP contribution is 2.54. The molecule has 2 heteroatoms. The van der Waals surface area contributed by atoms with Crippen molar-refractivity contribution in [3.63, 3.8) is 0 Å². The number of hydrogen-bond acceptors (Lipinski definition) is 1. The van der Waals surface area contributed by atoms with Gasteiger partial charge in [0, 0.05) is 34.3 Å². The lowest BCUT2D eigenvalue weighted by Gasteiger charge is -2.42. The molecule has 0 spiro atoms. The van der Waals surface area contributed by atoms with Gasteiger partial charge in [-0.15, -0.1) is 0 Å². The Bertz CT molecular complexity index is 905. The van der Waals surface area contributed by atoms with E-state index < -0.39 is 0 Å². The van der Waals surface area contributed by atoms with E-state index in [2.05, 4.69) is 66.2 Å². The number of H-pyrrole nitrogens is 1. The largest absolute Gasteiger partial charge is 0.361 e. The highest BCUT2D eigenvalue weighted by atomic mass is 15.2. The average molecular weight is 288 g/mol. The highest BCUT2D eigenvalue weighted by molar-refractivity contribution is 5.98.